The zero-order valence-electron chi connectivity index (χ0n) is 12.3. The summed E-state index contributed by atoms with van der Waals surface area (Å²) in [5.41, 5.74) is 4.37. The van der Waals surface area contributed by atoms with E-state index >= 15 is 0 Å². The number of nitrogens with zero attached hydrogens (tertiary/aromatic N) is 2. The number of hydrogen-bond donors (Lipinski definition) is 2. The third-order valence-electron chi connectivity index (χ3n) is 3.07. The number of thiophene rings is 1. The maximum atomic E-state index is 12.0. The minimum atomic E-state index is -0.372. The first-order valence-electron chi connectivity index (χ1n) is 6.83. The van der Waals surface area contributed by atoms with E-state index in [-0.39, 0.29) is 11.6 Å². The van der Waals surface area contributed by atoms with Crippen molar-refractivity contribution in [1.29, 1.82) is 0 Å². The van der Waals surface area contributed by atoms with Gasteiger partial charge in [-0.05, 0) is 35.2 Å². The quantitative estimate of drug-likeness (QED) is 0.559. The van der Waals surface area contributed by atoms with Gasteiger partial charge in [0.15, 0.2) is 5.69 Å². The molecule has 0 bridgehead atoms. The topological polar surface area (TPSA) is 79.4 Å². The fourth-order valence-electron chi connectivity index (χ4n) is 1.94. The molecule has 0 atom stereocenters. The molecule has 2 N–H and O–H groups in total. The Balaban J connectivity index is 1.64. The molecule has 0 unspecified atom stereocenters. The van der Waals surface area contributed by atoms with E-state index in [2.05, 4.69) is 20.7 Å². The lowest BCUT2D eigenvalue weighted by Crippen LogP contribution is -2.17. The molecular formula is C16H14N4O2S. The molecule has 0 aliphatic rings. The van der Waals surface area contributed by atoms with Gasteiger partial charge in [0.25, 0.3) is 5.91 Å². The average molecular weight is 326 g/mol. The highest BCUT2D eigenvalue weighted by atomic mass is 32.1. The summed E-state index contributed by atoms with van der Waals surface area (Å²) >= 11 is 1.58. The van der Waals surface area contributed by atoms with E-state index < -0.39 is 0 Å². The highest BCUT2D eigenvalue weighted by molar-refractivity contribution is 7.13. The number of nitrogens with one attached hydrogen (secondary N) is 2. The van der Waals surface area contributed by atoms with Crippen LogP contribution in [0.3, 0.4) is 0 Å². The number of hydrazone groups is 1. The first-order chi connectivity index (χ1) is 11.3. The Morgan fingerprint density at radius 3 is 3.04 bits per heavy atom. The molecule has 6 nitrogen and oxygen atoms in total. The molecule has 2 aromatic heterocycles. The van der Waals surface area contributed by atoms with Crippen LogP contribution >= 0.6 is 11.3 Å². The smallest absolute Gasteiger partial charge is 0.291 e. The highest BCUT2D eigenvalue weighted by Crippen LogP contribution is 2.22. The molecule has 3 aromatic rings. The maximum absolute atomic E-state index is 12.0. The standard InChI is InChI=1S/C16H14N4O2S/c1-22-12-5-2-4-11(8-12)10-17-20-16(21)14-9-13(18-19-14)15-6-3-7-23-15/h2-10H,1H3,(H,18,19)(H,20,21)/b17-10-. The number of aromatic nitrogens is 2. The molecular weight excluding hydrogens is 312 g/mol. The SMILES string of the molecule is COc1cccc(/C=N\NC(=O)c2cc(-c3cccs3)[nH]n2)c1. The van der Waals surface area contributed by atoms with Crippen LogP contribution in [0.2, 0.25) is 0 Å². The monoisotopic (exact) mass is 326 g/mol. The highest BCUT2D eigenvalue weighted by Gasteiger charge is 2.11. The second kappa shape index (κ2) is 6.89. The van der Waals surface area contributed by atoms with Gasteiger partial charge in [0.05, 0.1) is 23.9 Å². The molecule has 2 heterocycles. The fraction of sp³-hybridized carbons (Fsp3) is 0.0625. The molecule has 0 saturated carbocycles. The van der Waals surface area contributed by atoms with Crippen LogP contribution < -0.4 is 10.2 Å². The van der Waals surface area contributed by atoms with Crippen LogP contribution in [0, 0.1) is 0 Å². The van der Waals surface area contributed by atoms with Gasteiger partial charge >= 0.3 is 0 Å². The Hall–Kier alpha value is -2.93. The lowest BCUT2D eigenvalue weighted by atomic mass is 10.2. The zero-order valence-corrected chi connectivity index (χ0v) is 13.1. The first kappa shape index (κ1) is 15.0. The second-order valence-electron chi connectivity index (χ2n) is 4.62. The average Bonchev–Trinajstić information content (AvgIpc) is 3.26. The summed E-state index contributed by atoms with van der Waals surface area (Å²) < 4.78 is 5.13. The molecule has 3 rings (SSSR count). The first-order valence-corrected chi connectivity index (χ1v) is 7.71. The van der Waals surface area contributed by atoms with E-state index in [1.165, 1.54) is 0 Å². The van der Waals surface area contributed by atoms with Crippen molar-refractivity contribution in [3.63, 3.8) is 0 Å². The van der Waals surface area contributed by atoms with Crippen LogP contribution in [-0.4, -0.2) is 29.4 Å². The van der Waals surface area contributed by atoms with Gasteiger partial charge in [-0.3, -0.25) is 9.89 Å². The summed E-state index contributed by atoms with van der Waals surface area (Å²) in [6.45, 7) is 0. The van der Waals surface area contributed by atoms with Crippen molar-refractivity contribution >= 4 is 23.5 Å². The minimum Gasteiger partial charge on any atom is -0.497 e. The predicted molar refractivity (Wildman–Crippen MR) is 90.0 cm³/mol. The van der Waals surface area contributed by atoms with Gasteiger partial charge in [-0.25, -0.2) is 5.43 Å². The minimum absolute atomic E-state index is 0.288. The van der Waals surface area contributed by atoms with Crippen LogP contribution in [0.25, 0.3) is 10.6 Å². The third-order valence-corrected chi connectivity index (χ3v) is 3.97. The van der Waals surface area contributed by atoms with Crippen molar-refractivity contribution in [2.45, 2.75) is 0 Å². The van der Waals surface area contributed by atoms with E-state index in [1.54, 1.807) is 30.7 Å². The zero-order chi connectivity index (χ0) is 16.1. The van der Waals surface area contributed by atoms with Crippen molar-refractivity contribution in [1.82, 2.24) is 15.6 Å². The van der Waals surface area contributed by atoms with Crippen molar-refractivity contribution < 1.29 is 9.53 Å². The Bertz CT molecular complexity index is 824. The summed E-state index contributed by atoms with van der Waals surface area (Å²) in [5, 5.41) is 12.7. The Kier molecular flexibility index (Phi) is 4.49. The van der Waals surface area contributed by atoms with E-state index in [0.717, 1.165) is 21.9 Å². The molecule has 116 valence electrons. The van der Waals surface area contributed by atoms with Crippen LogP contribution in [0.4, 0.5) is 0 Å². The Morgan fingerprint density at radius 2 is 2.26 bits per heavy atom. The summed E-state index contributed by atoms with van der Waals surface area (Å²) in [6.07, 6.45) is 1.55. The summed E-state index contributed by atoms with van der Waals surface area (Å²) in [4.78, 5) is 13.0. The molecule has 0 aliphatic heterocycles. The van der Waals surface area contributed by atoms with Gasteiger partial charge in [0, 0.05) is 0 Å². The van der Waals surface area contributed by atoms with Crippen molar-refractivity contribution in [3.8, 4) is 16.3 Å². The second-order valence-corrected chi connectivity index (χ2v) is 5.57. The molecule has 0 aliphatic carbocycles. The third kappa shape index (κ3) is 3.64. The molecule has 0 spiro atoms. The number of hydrogen-bond acceptors (Lipinski definition) is 5. The number of ether oxygens (including phenoxy) is 1. The largest absolute Gasteiger partial charge is 0.497 e. The predicted octanol–water partition coefficient (Wildman–Crippen LogP) is 2.91. The van der Waals surface area contributed by atoms with Crippen LogP contribution in [0.1, 0.15) is 16.1 Å². The summed E-state index contributed by atoms with van der Waals surface area (Å²) in [7, 11) is 1.60. The maximum Gasteiger partial charge on any atom is 0.291 e. The number of amides is 1. The summed E-state index contributed by atoms with van der Waals surface area (Å²) in [5.74, 6) is 0.358. The molecule has 7 heteroatoms. The molecule has 1 amide bonds. The lowest BCUT2D eigenvalue weighted by molar-refractivity contribution is 0.0950. The summed E-state index contributed by atoms with van der Waals surface area (Å²) in [6, 6.07) is 13.0. The molecule has 23 heavy (non-hydrogen) atoms. The van der Waals surface area contributed by atoms with Crippen LogP contribution in [0.5, 0.6) is 5.75 Å². The normalized spacial score (nSPS) is 10.8. The number of methoxy groups -OCH3 is 1. The van der Waals surface area contributed by atoms with Crippen molar-refractivity contribution in [3.05, 3.63) is 59.1 Å². The van der Waals surface area contributed by atoms with Crippen LogP contribution in [0.15, 0.2) is 52.9 Å². The number of benzene rings is 1. The van der Waals surface area contributed by atoms with E-state index in [1.807, 2.05) is 41.8 Å². The molecule has 1 aromatic carbocycles. The van der Waals surface area contributed by atoms with Crippen LogP contribution in [-0.2, 0) is 0 Å². The van der Waals surface area contributed by atoms with Crippen molar-refractivity contribution in [2.75, 3.05) is 7.11 Å². The Labute approximate surface area is 136 Å². The number of aromatic amines is 1. The van der Waals surface area contributed by atoms with Gasteiger partial charge in [0.1, 0.15) is 5.75 Å². The number of carbonyl (C=O) groups is 1. The van der Waals surface area contributed by atoms with Gasteiger partial charge in [-0.1, -0.05) is 18.2 Å². The van der Waals surface area contributed by atoms with Gasteiger partial charge in [0.2, 0.25) is 0 Å². The lowest BCUT2D eigenvalue weighted by Gasteiger charge is -1.99. The molecule has 0 saturated heterocycles. The number of rotatable bonds is 5. The Morgan fingerprint density at radius 1 is 1.35 bits per heavy atom. The molecule has 0 radical (unpaired) electrons. The van der Waals surface area contributed by atoms with Gasteiger partial charge in [-0.2, -0.15) is 10.2 Å². The number of carbonyl (C=O) groups excluding carboxylic acids is 1. The van der Waals surface area contributed by atoms with E-state index in [0.29, 0.717) is 0 Å². The van der Waals surface area contributed by atoms with Crippen molar-refractivity contribution in [2.24, 2.45) is 5.10 Å². The van der Waals surface area contributed by atoms with E-state index in [9.17, 15) is 4.79 Å². The number of H-pyrrole nitrogens is 1. The van der Waals surface area contributed by atoms with E-state index in [4.69, 9.17) is 4.74 Å². The fourth-order valence-corrected chi connectivity index (χ4v) is 2.63. The molecule has 0 fully saturated rings. The van der Waals surface area contributed by atoms with Gasteiger partial charge in [-0.15, -0.1) is 11.3 Å². The van der Waals surface area contributed by atoms with Gasteiger partial charge < -0.3 is 4.74 Å².